The maximum atomic E-state index is 14.0. The van der Waals surface area contributed by atoms with Crippen LogP contribution in [0.15, 0.2) is 96.0 Å². The Morgan fingerprint density at radius 2 is 1.52 bits per heavy atom. The van der Waals surface area contributed by atoms with Crippen molar-refractivity contribution in [2.75, 3.05) is 54.0 Å². The number of rotatable bonds is 21. The van der Waals surface area contributed by atoms with E-state index in [1.165, 1.54) is 35.8 Å². The third-order valence-corrected chi connectivity index (χ3v) is 16.5. The van der Waals surface area contributed by atoms with Crippen LogP contribution in [0.1, 0.15) is 69.2 Å². The van der Waals surface area contributed by atoms with Crippen LogP contribution in [0.5, 0.6) is 23.0 Å². The van der Waals surface area contributed by atoms with Gasteiger partial charge in [0.05, 0.1) is 42.8 Å². The Kier molecular flexibility index (Phi) is 15.8. The molecule has 3 aliphatic heterocycles. The van der Waals surface area contributed by atoms with Gasteiger partial charge in [-0.2, -0.15) is 8.42 Å². The first-order valence-electron chi connectivity index (χ1n) is 22.8. The second kappa shape index (κ2) is 22.1. The van der Waals surface area contributed by atoms with Gasteiger partial charge >= 0.3 is 5.97 Å². The number of carbonyl (C=O) groups excluding carboxylic acids is 3. The summed E-state index contributed by atoms with van der Waals surface area (Å²) in [5.74, 6) is -0.700. The Morgan fingerprint density at radius 1 is 0.859 bits per heavy atom. The zero-order valence-corrected chi connectivity index (χ0v) is 41.8. The number of nitrogens with one attached hydrogen (secondary N) is 2. The molecule has 5 aromatic rings. The average molecular weight is 1020 g/mol. The van der Waals surface area contributed by atoms with Crippen LogP contribution < -0.4 is 39.4 Å². The van der Waals surface area contributed by atoms with E-state index >= 15 is 0 Å². The predicted molar refractivity (Wildman–Crippen MR) is 276 cm³/mol. The smallest absolute Gasteiger partial charge is 0.324 e. The van der Waals surface area contributed by atoms with Gasteiger partial charge in [0.15, 0.2) is 28.2 Å². The number of aliphatic imine (C=N–C) groups is 1. The zero-order chi connectivity index (χ0) is 50.4. The van der Waals surface area contributed by atoms with Gasteiger partial charge in [0.25, 0.3) is 21.9 Å². The van der Waals surface area contributed by atoms with Gasteiger partial charge in [-0.1, -0.05) is 64.9 Å². The number of amides is 3. The molecule has 0 aliphatic carbocycles. The van der Waals surface area contributed by atoms with E-state index in [0.717, 1.165) is 28.9 Å². The lowest BCUT2D eigenvalue weighted by atomic mass is 10.1. The molecule has 3 amide bonds. The first kappa shape index (κ1) is 50.6. The molecule has 0 saturated heterocycles. The minimum absolute atomic E-state index is 0.0144. The lowest BCUT2D eigenvalue weighted by Crippen LogP contribution is -2.37. The van der Waals surface area contributed by atoms with E-state index in [9.17, 15) is 37.3 Å². The summed E-state index contributed by atoms with van der Waals surface area (Å²) < 4.78 is 56.4. The highest BCUT2D eigenvalue weighted by atomic mass is 33.1. The van der Waals surface area contributed by atoms with Crippen molar-refractivity contribution in [3.8, 4) is 23.0 Å². The third-order valence-electron chi connectivity index (χ3n) is 12.3. The molecule has 0 saturated carbocycles. The summed E-state index contributed by atoms with van der Waals surface area (Å²) in [5, 5.41) is 13.3. The molecule has 4 N–H and O–H groups in total. The van der Waals surface area contributed by atoms with Gasteiger partial charge in [-0.3, -0.25) is 33.6 Å². The Bertz CT molecular complexity index is 3010. The number of hydrogen-bond donors (Lipinski definition) is 4. The summed E-state index contributed by atoms with van der Waals surface area (Å²) in [6, 6.07) is 27.6. The van der Waals surface area contributed by atoms with Crippen LogP contribution in [-0.4, -0.2) is 98.1 Å². The number of fused-ring (bicyclic) bond motifs is 5. The zero-order valence-electron chi connectivity index (χ0n) is 39.4. The summed E-state index contributed by atoms with van der Waals surface area (Å²) >= 11 is 0. The van der Waals surface area contributed by atoms with Gasteiger partial charge in [-0.15, -0.1) is 0 Å². The molecule has 0 spiro atoms. The molecule has 372 valence electrons. The topological polar surface area (TPSA) is 223 Å². The second-order valence-corrected chi connectivity index (χ2v) is 21.6. The van der Waals surface area contributed by atoms with Crippen LogP contribution in [0.3, 0.4) is 0 Å². The maximum absolute atomic E-state index is 14.0. The van der Waals surface area contributed by atoms with E-state index in [4.69, 9.17) is 23.9 Å². The van der Waals surface area contributed by atoms with Gasteiger partial charge in [0.2, 0.25) is 5.91 Å². The molecule has 3 atom stereocenters. The van der Waals surface area contributed by atoms with Crippen molar-refractivity contribution in [3.05, 3.63) is 124 Å². The van der Waals surface area contributed by atoms with Crippen molar-refractivity contribution in [3.63, 3.8) is 0 Å². The number of aliphatic carboxylic acids is 1. The Balaban J connectivity index is 0.996. The molecular formula is C51H53N5O12S3. The molecule has 3 aliphatic rings. The monoisotopic (exact) mass is 1020 g/mol. The quantitative estimate of drug-likeness (QED) is 0.0307. The lowest BCUT2D eigenvalue weighted by Gasteiger charge is -2.22. The Labute approximate surface area is 419 Å². The van der Waals surface area contributed by atoms with Gasteiger partial charge < -0.3 is 39.6 Å². The highest BCUT2D eigenvalue weighted by Crippen LogP contribution is 2.42. The van der Waals surface area contributed by atoms with Crippen molar-refractivity contribution in [2.45, 2.75) is 68.8 Å². The number of nitrogens with zero attached hydrogens (tertiary/aromatic N) is 3. The first-order valence-corrected chi connectivity index (χ1v) is 26.7. The minimum Gasteiger partial charge on any atom is -0.493 e. The van der Waals surface area contributed by atoms with Crippen LogP contribution in [-0.2, 0) is 45.8 Å². The van der Waals surface area contributed by atoms with E-state index < -0.39 is 21.3 Å². The first-order chi connectivity index (χ1) is 34.1. The molecule has 17 nitrogen and oxygen atoms in total. The summed E-state index contributed by atoms with van der Waals surface area (Å²) in [6.45, 7) is 2.49. The molecule has 20 heteroatoms. The molecule has 0 radical (unpaired) electrons. The number of ether oxygens (including phenoxy) is 4. The van der Waals surface area contributed by atoms with Crippen LogP contribution in [0.25, 0.3) is 0 Å². The Hall–Kier alpha value is -6.74. The predicted octanol–water partition coefficient (Wildman–Crippen LogP) is 8.61. The number of methoxy groups -OCH3 is 2. The van der Waals surface area contributed by atoms with E-state index in [1.54, 1.807) is 59.5 Å². The number of hydrogen-bond acceptors (Lipinski definition) is 14. The fourth-order valence-electron chi connectivity index (χ4n) is 8.75. The van der Waals surface area contributed by atoms with Gasteiger partial charge in [-0.25, -0.2) is 0 Å². The van der Waals surface area contributed by atoms with Crippen molar-refractivity contribution < 1.29 is 56.2 Å². The largest absolute Gasteiger partial charge is 0.493 e. The molecule has 3 heterocycles. The van der Waals surface area contributed by atoms with Crippen LogP contribution in [0, 0.1) is 0 Å². The van der Waals surface area contributed by atoms with Crippen LogP contribution in [0.4, 0.5) is 28.4 Å². The molecule has 0 aromatic heterocycles. The molecule has 8 rings (SSSR count). The van der Waals surface area contributed by atoms with Crippen LogP contribution in [0.2, 0.25) is 0 Å². The van der Waals surface area contributed by atoms with Crippen LogP contribution >= 0.6 is 21.6 Å². The molecule has 5 aromatic carbocycles. The number of anilines is 4. The second-order valence-electron chi connectivity index (χ2n) is 17.1. The summed E-state index contributed by atoms with van der Waals surface area (Å²) in [6.07, 6.45) is 3.51. The SMILES string of the molecule is CNc1cc(OCc2cc(COc3cc4c(cc3OC)C(=O)N3c5ccccc5C[C@H]3C=N4)cc(NC(=O)CC[C@@H](C)SSCCC(C(=O)O)S(=O)(=O)O)c2)c(OC)cc1C(=O)N1CCc2ccccc21. The summed E-state index contributed by atoms with van der Waals surface area (Å²) in [5.41, 5.74) is 7.47. The van der Waals surface area contributed by atoms with Crippen molar-refractivity contribution in [1.29, 1.82) is 0 Å². The summed E-state index contributed by atoms with van der Waals surface area (Å²) in [7, 11) is 2.65. The summed E-state index contributed by atoms with van der Waals surface area (Å²) in [4.78, 5) is 61.0. The standard InChI is InChI=1S/C51H53N5O12S3/c1-30(70-69-18-16-47(51(60)61)71(62,63)64)13-14-48(57)54-35-20-31(28-67-45-25-39(52-2)37(23-43(45)65-3)49(58)55-17-15-33-9-5-7-11-41(33)55)19-32(21-35)29-68-46-26-40-38(24-44(46)66-4)50(59)56-36(27-53-40)22-34-10-6-8-12-42(34)56/h5-12,19-21,23-27,30,36,47,52H,13-18,22,28-29H2,1-4H3,(H,54,57)(H,60,61)(H,62,63,64)/t30-,36+,47?/m1/s1. The number of carboxylic acid groups (broad SMARTS) is 1. The molecule has 0 fully saturated rings. The third kappa shape index (κ3) is 11.6. The maximum Gasteiger partial charge on any atom is 0.324 e. The van der Waals surface area contributed by atoms with Crippen molar-refractivity contribution in [1.82, 2.24) is 0 Å². The number of carboxylic acids is 1. The number of carbonyl (C=O) groups is 4. The lowest BCUT2D eigenvalue weighted by molar-refractivity contribution is -0.136. The normalized spacial score (nSPS) is 15.4. The van der Waals surface area contributed by atoms with E-state index in [1.807, 2.05) is 61.5 Å². The molecular weight excluding hydrogens is 971 g/mol. The highest BCUT2D eigenvalue weighted by Gasteiger charge is 2.37. The van der Waals surface area contributed by atoms with Gasteiger partial charge in [0.1, 0.15) is 13.2 Å². The minimum atomic E-state index is -4.73. The van der Waals surface area contributed by atoms with Crippen molar-refractivity contribution in [2.24, 2.45) is 4.99 Å². The molecule has 0 bridgehead atoms. The van der Waals surface area contributed by atoms with Gasteiger partial charge in [-0.05, 0) is 84.0 Å². The van der Waals surface area contributed by atoms with E-state index in [2.05, 4.69) is 10.6 Å². The van der Waals surface area contributed by atoms with E-state index in [-0.39, 0.29) is 60.8 Å². The molecule has 1 unspecified atom stereocenters. The highest BCUT2D eigenvalue weighted by molar-refractivity contribution is 8.76. The van der Waals surface area contributed by atoms with E-state index in [0.29, 0.717) is 81.7 Å². The fourth-order valence-corrected chi connectivity index (χ4v) is 12.0. The number of para-hydroxylation sites is 2. The van der Waals surface area contributed by atoms with Crippen molar-refractivity contribution >= 4 is 90.0 Å². The Morgan fingerprint density at radius 3 is 2.20 bits per heavy atom. The molecule has 71 heavy (non-hydrogen) atoms. The average Bonchev–Trinajstić information content (AvgIpc) is 3.93. The number of benzene rings is 5. The fraction of sp³-hybridized carbons (Fsp3) is 0.314. The van der Waals surface area contributed by atoms with Gasteiger partial charge in [0, 0.05) is 72.8 Å².